The molecule has 6 heteroatoms. The van der Waals surface area contributed by atoms with Gasteiger partial charge in [-0.3, -0.25) is 14.6 Å². The smallest absolute Gasteiger partial charge is 0.308 e. The molecule has 1 amide bonds. The summed E-state index contributed by atoms with van der Waals surface area (Å²) in [6, 6.07) is 7.51. The third-order valence-corrected chi connectivity index (χ3v) is 4.57. The van der Waals surface area contributed by atoms with Crippen LogP contribution in [0, 0.1) is 6.92 Å². The number of nitrogens with zero attached hydrogens (tertiary/aromatic N) is 1. The van der Waals surface area contributed by atoms with Crippen molar-refractivity contribution in [2.24, 2.45) is 0 Å². The Hall–Kier alpha value is -2.47. The van der Waals surface area contributed by atoms with Gasteiger partial charge in [-0.15, -0.1) is 11.3 Å². The number of pyridine rings is 1. The highest BCUT2D eigenvalue weighted by molar-refractivity contribution is 7.12. The minimum absolute atomic E-state index is 0.0329. The Morgan fingerprint density at radius 3 is 2.58 bits per heavy atom. The van der Waals surface area contributed by atoms with Gasteiger partial charge in [-0.25, -0.2) is 0 Å². The maximum atomic E-state index is 12.3. The Labute approximate surface area is 145 Å². The van der Waals surface area contributed by atoms with E-state index in [9.17, 15) is 9.59 Å². The first kappa shape index (κ1) is 17.9. The number of esters is 1. The molecule has 0 aliphatic carbocycles. The van der Waals surface area contributed by atoms with Crippen molar-refractivity contribution in [1.29, 1.82) is 0 Å². The van der Waals surface area contributed by atoms with E-state index in [0.29, 0.717) is 0 Å². The molecular weight excluding hydrogens is 324 g/mol. The van der Waals surface area contributed by atoms with Crippen molar-refractivity contribution in [2.45, 2.75) is 25.8 Å². The maximum absolute atomic E-state index is 12.3. The van der Waals surface area contributed by atoms with Crippen LogP contribution in [0.3, 0.4) is 0 Å². The molecule has 1 unspecified atom stereocenters. The van der Waals surface area contributed by atoms with Crippen LogP contribution in [0.15, 0.2) is 42.7 Å². The largest absolute Gasteiger partial charge is 0.469 e. The summed E-state index contributed by atoms with van der Waals surface area (Å²) in [6.07, 6.45) is 6.52. The van der Waals surface area contributed by atoms with Crippen molar-refractivity contribution in [3.63, 3.8) is 0 Å². The zero-order valence-corrected chi connectivity index (χ0v) is 14.7. The van der Waals surface area contributed by atoms with Gasteiger partial charge in [0.05, 0.1) is 19.1 Å². The summed E-state index contributed by atoms with van der Waals surface area (Å²) in [5.74, 6) is -0.670. The lowest BCUT2D eigenvalue weighted by Gasteiger charge is -2.29. The summed E-state index contributed by atoms with van der Waals surface area (Å²) < 4.78 is 4.76. The molecule has 2 rings (SSSR count). The predicted octanol–water partition coefficient (Wildman–Crippen LogP) is 3.06. The summed E-state index contributed by atoms with van der Waals surface area (Å²) in [5, 5.41) is 2.90. The van der Waals surface area contributed by atoms with Crippen molar-refractivity contribution >= 4 is 29.3 Å². The van der Waals surface area contributed by atoms with Gasteiger partial charge in [-0.05, 0) is 49.8 Å². The van der Waals surface area contributed by atoms with Crippen molar-refractivity contribution in [3.8, 4) is 0 Å². The van der Waals surface area contributed by atoms with Crippen LogP contribution in [-0.4, -0.2) is 24.0 Å². The molecule has 0 fully saturated rings. The summed E-state index contributed by atoms with van der Waals surface area (Å²) in [4.78, 5) is 30.2. The SMILES string of the molecule is COC(=O)CC(C)(NC(=O)C=Cc1ccc(C)s1)c1ccncc1. The van der Waals surface area contributed by atoms with Gasteiger partial charge < -0.3 is 10.1 Å². The molecule has 2 aromatic rings. The molecule has 0 aliphatic heterocycles. The number of methoxy groups -OCH3 is 1. The van der Waals surface area contributed by atoms with Gasteiger partial charge in [0.25, 0.3) is 0 Å². The van der Waals surface area contributed by atoms with Gasteiger partial charge in [-0.2, -0.15) is 0 Å². The Balaban J connectivity index is 2.17. The molecule has 0 spiro atoms. The molecule has 2 aromatic heterocycles. The van der Waals surface area contributed by atoms with Crippen molar-refractivity contribution in [2.75, 3.05) is 7.11 Å². The van der Waals surface area contributed by atoms with Gasteiger partial charge in [0.2, 0.25) is 5.91 Å². The van der Waals surface area contributed by atoms with E-state index in [1.807, 2.05) is 19.1 Å². The second kappa shape index (κ2) is 7.88. The van der Waals surface area contributed by atoms with Gasteiger partial charge in [0.1, 0.15) is 0 Å². The highest BCUT2D eigenvalue weighted by Crippen LogP contribution is 2.25. The lowest BCUT2D eigenvalue weighted by atomic mass is 9.89. The zero-order chi connectivity index (χ0) is 17.6. The third kappa shape index (κ3) is 4.76. The van der Waals surface area contributed by atoms with Crippen LogP contribution >= 0.6 is 11.3 Å². The molecule has 0 saturated carbocycles. The van der Waals surface area contributed by atoms with E-state index in [1.54, 1.807) is 48.9 Å². The third-order valence-electron chi connectivity index (χ3n) is 3.60. The summed E-state index contributed by atoms with van der Waals surface area (Å²) in [6.45, 7) is 3.80. The molecule has 1 atom stereocenters. The molecule has 24 heavy (non-hydrogen) atoms. The summed E-state index contributed by atoms with van der Waals surface area (Å²) >= 11 is 1.61. The first-order valence-electron chi connectivity index (χ1n) is 7.47. The number of thiophene rings is 1. The van der Waals surface area contributed by atoms with Gasteiger partial charge >= 0.3 is 5.97 Å². The molecule has 2 heterocycles. The van der Waals surface area contributed by atoms with Gasteiger partial charge in [0.15, 0.2) is 0 Å². The number of hydrogen-bond donors (Lipinski definition) is 1. The van der Waals surface area contributed by atoms with E-state index in [1.165, 1.54) is 18.1 Å². The van der Waals surface area contributed by atoms with E-state index in [0.717, 1.165) is 10.4 Å². The van der Waals surface area contributed by atoms with Crippen molar-refractivity contribution < 1.29 is 14.3 Å². The number of rotatable bonds is 6. The predicted molar refractivity (Wildman–Crippen MR) is 94.5 cm³/mol. The Morgan fingerprint density at radius 2 is 2.00 bits per heavy atom. The quantitative estimate of drug-likeness (QED) is 0.646. The minimum atomic E-state index is -0.872. The average Bonchev–Trinajstić information content (AvgIpc) is 2.99. The molecular formula is C18H20N2O3S. The fourth-order valence-electron chi connectivity index (χ4n) is 2.31. The first-order valence-corrected chi connectivity index (χ1v) is 8.28. The van der Waals surface area contributed by atoms with Crippen LogP contribution in [-0.2, 0) is 19.9 Å². The Bertz CT molecular complexity index is 740. The fraction of sp³-hybridized carbons (Fsp3) is 0.278. The van der Waals surface area contributed by atoms with E-state index in [-0.39, 0.29) is 12.3 Å². The molecule has 0 aromatic carbocycles. The van der Waals surface area contributed by atoms with Crippen LogP contribution < -0.4 is 5.32 Å². The Morgan fingerprint density at radius 1 is 1.29 bits per heavy atom. The number of carbonyl (C=O) groups is 2. The minimum Gasteiger partial charge on any atom is -0.469 e. The maximum Gasteiger partial charge on any atom is 0.308 e. The molecule has 126 valence electrons. The summed E-state index contributed by atoms with van der Waals surface area (Å²) in [5.41, 5.74) is -0.0837. The second-order valence-corrected chi connectivity index (χ2v) is 6.91. The molecule has 5 nitrogen and oxygen atoms in total. The normalized spacial score (nSPS) is 13.5. The molecule has 0 saturated heterocycles. The van der Waals surface area contributed by atoms with Crippen molar-refractivity contribution in [3.05, 3.63) is 58.1 Å². The van der Waals surface area contributed by atoms with Crippen LogP contribution in [0.2, 0.25) is 0 Å². The number of ether oxygens (including phenoxy) is 1. The number of aryl methyl sites for hydroxylation is 1. The number of hydrogen-bond acceptors (Lipinski definition) is 5. The zero-order valence-electron chi connectivity index (χ0n) is 13.9. The monoisotopic (exact) mass is 344 g/mol. The van der Waals surface area contributed by atoms with E-state index in [4.69, 9.17) is 4.74 Å². The Kier molecular flexibility index (Phi) is 5.87. The highest BCUT2D eigenvalue weighted by Gasteiger charge is 2.31. The van der Waals surface area contributed by atoms with Crippen LogP contribution in [0.5, 0.6) is 0 Å². The molecule has 0 bridgehead atoms. The molecule has 0 aliphatic rings. The highest BCUT2D eigenvalue weighted by atomic mass is 32.1. The molecule has 1 N–H and O–H groups in total. The van der Waals surface area contributed by atoms with E-state index >= 15 is 0 Å². The van der Waals surface area contributed by atoms with Crippen molar-refractivity contribution in [1.82, 2.24) is 10.3 Å². The van der Waals surface area contributed by atoms with Gasteiger partial charge in [-0.1, -0.05) is 0 Å². The van der Waals surface area contributed by atoms with Crippen LogP contribution in [0.4, 0.5) is 0 Å². The average molecular weight is 344 g/mol. The number of carbonyl (C=O) groups excluding carboxylic acids is 2. The topological polar surface area (TPSA) is 68.3 Å². The molecule has 0 radical (unpaired) electrons. The fourth-order valence-corrected chi connectivity index (χ4v) is 3.09. The van der Waals surface area contributed by atoms with Crippen LogP contribution in [0.1, 0.15) is 28.7 Å². The number of amides is 1. The van der Waals surface area contributed by atoms with E-state index in [2.05, 4.69) is 10.3 Å². The van der Waals surface area contributed by atoms with Gasteiger partial charge in [0, 0.05) is 28.2 Å². The standard InChI is InChI=1S/C18H20N2O3S/c1-13-4-5-15(24-13)6-7-16(21)20-18(2,12-17(22)23-3)14-8-10-19-11-9-14/h4-11H,12H2,1-3H3,(H,20,21). The number of aromatic nitrogens is 1. The second-order valence-electron chi connectivity index (χ2n) is 5.59. The first-order chi connectivity index (χ1) is 11.4. The summed E-state index contributed by atoms with van der Waals surface area (Å²) in [7, 11) is 1.33. The number of nitrogens with one attached hydrogen (secondary N) is 1. The van der Waals surface area contributed by atoms with E-state index < -0.39 is 11.5 Å². The van der Waals surface area contributed by atoms with Crippen LogP contribution in [0.25, 0.3) is 6.08 Å². The lowest BCUT2D eigenvalue weighted by Crippen LogP contribution is -2.44. The lowest BCUT2D eigenvalue weighted by molar-refractivity contribution is -0.142.